The van der Waals surface area contributed by atoms with Gasteiger partial charge in [0.25, 0.3) is 0 Å². The number of para-hydroxylation sites is 3. The molecule has 2 aliphatic rings. The fraction of sp³-hybridized carbons (Fsp3) is 0.0323. The Kier molecular flexibility index (Phi) is 8.34. The van der Waals surface area contributed by atoms with Gasteiger partial charge in [-0.05, 0) is 123 Å². The minimum absolute atomic E-state index is 0.622. The van der Waals surface area contributed by atoms with Crippen LogP contribution in [0, 0.1) is 0 Å². The van der Waals surface area contributed by atoms with E-state index in [2.05, 4.69) is 224 Å². The van der Waals surface area contributed by atoms with E-state index >= 15 is 0 Å². The molecular formula is C62H41NO2. The Morgan fingerprint density at radius 3 is 1.80 bits per heavy atom. The molecule has 11 aromatic rings. The lowest BCUT2D eigenvalue weighted by Crippen LogP contribution is -2.28. The molecule has 0 saturated carbocycles. The van der Waals surface area contributed by atoms with Gasteiger partial charge < -0.3 is 13.7 Å². The van der Waals surface area contributed by atoms with Gasteiger partial charge in [0.1, 0.15) is 22.3 Å². The fourth-order valence-corrected chi connectivity index (χ4v) is 10.9. The summed E-state index contributed by atoms with van der Waals surface area (Å²) >= 11 is 0. The van der Waals surface area contributed by atoms with E-state index in [1.807, 2.05) is 12.1 Å². The first-order valence-electron chi connectivity index (χ1n) is 22.3. The third-order valence-corrected chi connectivity index (χ3v) is 13.8. The van der Waals surface area contributed by atoms with Gasteiger partial charge in [0.2, 0.25) is 0 Å². The fourth-order valence-electron chi connectivity index (χ4n) is 10.9. The summed E-state index contributed by atoms with van der Waals surface area (Å²) in [6.45, 7) is 4.61. The van der Waals surface area contributed by atoms with E-state index in [4.69, 9.17) is 8.83 Å². The van der Waals surface area contributed by atoms with Crippen LogP contribution in [0.4, 0.5) is 17.1 Å². The van der Waals surface area contributed by atoms with E-state index in [0.717, 1.165) is 94.3 Å². The van der Waals surface area contributed by atoms with Crippen molar-refractivity contribution in [1.82, 2.24) is 0 Å². The average Bonchev–Trinajstić information content (AvgIpc) is 4.01. The van der Waals surface area contributed by atoms with Gasteiger partial charge in [-0.15, -0.1) is 0 Å². The molecule has 3 heteroatoms. The third kappa shape index (κ3) is 5.69. The molecule has 2 heterocycles. The lowest BCUT2D eigenvalue weighted by Gasteiger charge is -2.36. The number of rotatable bonds is 4. The first kappa shape index (κ1) is 37.2. The van der Waals surface area contributed by atoms with Gasteiger partial charge >= 0.3 is 0 Å². The highest BCUT2D eigenvalue weighted by Gasteiger charge is 2.46. The first-order valence-corrected chi connectivity index (χ1v) is 22.3. The number of allylic oxidation sites excluding steroid dienone is 5. The predicted molar refractivity (Wildman–Crippen MR) is 270 cm³/mol. The number of hydrogen-bond acceptors (Lipinski definition) is 3. The van der Waals surface area contributed by atoms with Crippen LogP contribution < -0.4 is 4.90 Å². The highest BCUT2D eigenvalue weighted by Crippen LogP contribution is 2.59. The summed E-state index contributed by atoms with van der Waals surface area (Å²) in [6, 6.07) is 72.4. The van der Waals surface area contributed by atoms with Crippen molar-refractivity contribution in [1.29, 1.82) is 0 Å². The SMILES string of the molecule is C=C1/C=C\C=C/CC2(c3cc(N(c4ccc5oc6ccccc6c5c4)c4ccccc4-c4ccccc4)ccc3-c3ccccc31)c1ccccc1-c1cc3c(cc12)oc1ccccc13. The van der Waals surface area contributed by atoms with Crippen molar-refractivity contribution in [2.45, 2.75) is 11.8 Å². The molecule has 306 valence electrons. The summed E-state index contributed by atoms with van der Waals surface area (Å²) in [4.78, 5) is 2.44. The zero-order chi connectivity index (χ0) is 43.1. The molecule has 0 radical (unpaired) electrons. The minimum Gasteiger partial charge on any atom is -0.456 e. The summed E-state index contributed by atoms with van der Waals surface area (Å²) < 4.78 is 13.1. The number of hydrogen-bond donors (Lipinski definition) is 0. The van der Waals surface area contributed by atoms with E-state index in [1.165, 1.54) is 27.8 Å². The Bertz CT molecular complexity index is 3790. The maximum absolute atomic E-state index is 6.72. The molecule has 2 aromatic heterocycles. The Morgan fingerprint density at radius 2 is 0.985 bits per heavy atom. The molecule has 0 aliphatic heterocycles. The number of furan rings is 2. The standard InChI is InChI=1S/C62H41NO2/c1-40-18-4-3-17-35-62(54-27-13-9-24-47(54)51-38-53-50-26-12-16-30-59(50)65-61(53)39-56(51)62)55-37-43(31-33-48(55)46-23-8-7-21-44(40)46)63(57-28-14-10-22-45(57)41-19-5-2-6-20-41)42-32-34-60-52(36-42)49-25-11-15-29-58(49)64-60/h2-34,36-39H,1,35H2/b17-3-,18-4-. The molecule has 2 aliphatic carbocycles. The van der Waals surface area contributed by atoms with Crippen molar-refractivity contribution in [2.75, 3.05) is 4.90 Å². The molecule has 0 amide bonds. The largest absolute Gasteiger partial charge is 0.456 e. The predicted octanol–water partition coefficient (Wildman–Crippen LogP) is 17.1. The molecule has 0 bridgehead atoms. The maximum Gasteiger partial charge on any atom is 0.135 e. The monoisotopic (exact) mass is 831 g/mol. The van der Waals surface area contributed by atoms with Gasteiger partial charge in [-0.25, -0.2) is 0 Å². The van der Waals surface area contributed by atoms with E-state index in [0.29, 0.717) is 6.42 Å². The quantitative estimate of drug-likeness (QED) is 0.177. The number of benzene rings is 9. The lowest BCUT2D eigenvalue weighted by molar-refractivity contribution is 0.639. The van der Waals surface area contributed by atoms with Crippen LogP contribution in [-0.2, 0) is 5.41 Å². The van der Waals surface area contributed by atoms with Gasteiger partial charge in [-0.1, -0.05) is 170 Å². The summed E-state index contributed by atoms with van der Waals surface area (Å²) in [5, 5.41) is 4.42. The molecule has 65 heavy (non-hydrogen) atoms. The second-order valence-corrected chi connectivity index (χ2v) is 17.2. The Hall–Kier alpha value is -8.40. The van der Waals surface area contributed by atoms with Crippen LogP contribution in [0.3, 0.4) is 0 Å². The Morgan fingerprint density at radius 1 is 0.400 bits per heavy atom. The van der Waals surface area contributed by atoms with Crippen molar-refractivity contribution in [3.8, 4) is 33.4 Å². The first-order chi connectivity index (χ1) is 32.1. The molecule has 1 atom stereocenters. The van der Waals surface area contributed by atoms with E-state index in [9.17, 15) is 0 Å². The molecule has 0 saturated heterocycles. The molecule has 9 aromatic carbocycles. The van der Waals surface area contributed by atoms with Gasteiger partial charge in [-0.3, -0.25) is 0 Å². The zero-order valence-corrected chi connectivity index (χ0v) is 35.5. The smallest absolute Gasteiger partial charge is 0.135 e. The van der Waals surface area contributed by atoms with E-state index in [-0.39, 0.29) is 0 Å². The van der Waals surface area contributed by atoms with Crippen LogP contribution in [0.5, 0.6) is 0 Å². The summed E-state index contributed by atoms with van der Waals surface area (Å²) in [5.41, 5.74) is 18.9. The van der Waals surface area contributed by atoms with Gasteiger partial charge in [0, 0.05) is 38.5 Å². The second-order valence-electron chi connectivity index (χ2n) is 17.2. The van der Waals surface area contributed by atoms with Crippen LogP contribution in [0.15, 0.2) is 240 Å². The third-order valence-electron chi connectivity index (χ3n) is 13.8. The summed E-state index contributed by atoms with van der Waals surface area (Å²) in [7, 11) is 0. The number of anilines is 3. The van der Waals surface area contributed by atoms with E-state index < -0.39 is 5.41 Å². The molecule has 1 unspecified atom stereocenters. The molecule has 0 fully saturated rings. The Labute approximate surface area is 377 Å². The van der Waals surface area contributed by atoms with Crippen LogP contribution in [0.25, 0.3) is 82.8 Å². The van der Waals surface area contributed by atoms with Crippen LogP contribution >= 0.6 is 0 Å². The van der Waals surface area contributed by atoms with Crippen molar-refractivity contribution in [3.63, 3.8) is 0 Å². The van der Waals surface area contributed by atoms with Gasteiger partial charge in [0.05, 0.1) is 11.1 Å². The van der Waals surface area contributed by atoms with Crippen molar-refractivity contribution < 1.29 is 8.83 Å². The average molecular weight is 832 g/mol. The highest BCUT2D eigenvalue weighted by molar-refractivity contribution is 6.09. The normalized spacial score (nSPS) is 16.3. The highest BCUT2D eigenvalue weighted by atomic mass is 16.3. The van der Waals surface area contributed by atoms with E-state index in [1.54, 1.807) is 0 Å². The molecular weight excluding hydrogens is 791 g/mol. The molecule has 13 rings (SSSR count). The van der Waals surface area contributed by atoms with Crippen molar-refractivity contribution in [2.24, 2.45) is 0 Å². The number of nitrogens with zero attached hydrogens (tertiary/aromatic N) is 1. The van der Waals surface area contributed by atoms with Crippen molar-refractivity contribution in [3.05, 3.63) is 253 Å². The maximum atomic E-state index is 6.72. The van der Waals surface area contributed by atoms with Crippen LogP contribution in [0.1, 0.15) is 28.7 Å². The second kappa shape index (κ2) is 14.6. The van der Waals surface area contributed by atoms with Gasteiger partial charge in [-0.2, -0.15) is 0 Å². The minimum atomic E-state index is -0.622. The van der Waals surface area contributed by atoms with Gasteiger partial charge in [0.15, 0.2) is 0 Å². The van der Waals surface area contributed by atoms with Crippen LogP contribution in [0.2, 0.25) is 0 Å². The molecule has 3 nitrogen and oxygen atoms in total. The van der Waals surface area contributed by atoms with Crippen molar-refractivity contribution >= 4 is 66.5 Å². The molecule has 0 N–H and O–H groups in total. The van der Waals surface area contributed by atoms with Crippen LogP contribution in [-0.4, -0.2) is 0 Å². The summed E-state index contributed by atoms with van der Waals surface area (Å²) in [5.74, 6) is 0. The Balaban J connectivity index is 1.15. The topological polar surface area (TPSA) is 29.5 Å². The molecule has 1 spiro atoms. The lowest BCUT2D eigenvalue weighted by atomic mass is 9.67. The zero-order valence-electron chi connectivity index (χ0n) is 35.5. The summed E-state index contributed by atoms with van der Waals surface area (Å²) in [6.07, 6.45) is 9.51. The number of fused-ring (bicyclic) bond motifs is 15.